The van der Waals surface area contributed by atoms with Crippen LogP contribution in [0, 0.1) is 0 Å². The zero-order valence-electron chi connectivity index (χ0n) is 15.8. The zero-order chi connectivity index (χ0) is 19.6. The van der Waals surface area contributed by atoms with Crippen molar-refractivity contribution in [2.24, 2.45) is 0 Å². The van der Waals surface area contributed by atoms with E-state index in [4.69, 9.17) is 4.74 Å². The van der Waals surface area contributed by atoms with Gasteiger partial charge in [0.15, 0.2) is 11.5 Å². The average molecular weight is 382 g/mol. The second-order valence-electron chi connectivity index (χ2n) is 6.03. The van der Waals surface area contributed by atoms with Crippen molar-refractivity contribution in [3.63, 3.8) is 0 Å². The van der Waals surface area contributed by atoms with Crippen LogP contribution in [0.4, 0.5) is 5.82 Å². The van der Waals surface area contributed by atoms with E-state index in [2.05, 4.69) is 28.0 Å². The van der Waals surface area contributed by atoms with E-state index in [0.29, 0.717) is 28.6 Å². The molecule has 0 fully saturated rings. The fourth-order valence-corrected chi connectivity index (χ4v) is 3.26. The second kappa shape index (κ2) is 7.84. The number of ether oxygens (including phenoxy) is 1. The molecular weight excluding hydrogens is 360 g/mol. The van der Waals surface area contributed by atoms with Crippen molar-refractivity contribution in [1.82, 2.24) is 14.6 Å². The molecule has 140 valence electrons. The number of allylic oxidation sites excluding steroid dienone is 3. The van der Waals surface area contributed by atoms with Crippen molar-refractivity contribution >= 4 is 40.4 Å². The Morgan fingerprint density at radius 2 is 1.96 bits per heavy atom. The van der Waals surface area contributed by atoms with Gasteiger partial charge in [-0.05, 0) is 32.4 Å². The molecule has 0 saturated carbocycles. The molecular formula is C20H22N4O2S. The number of anilines is 1. The molecule has 3 aromatic rings. The normalized spacial score (nSPS) is 12.6. The van der Waals surface area contributed by atoms with E-state index in [0.717, 1.165) is 22.1 Å². The highest BCUT2D eigenvalue weighted by molar-refractivity contribution is 7.80. The first kappa shape index (κ1) is 19.0. The van der Waals surface area contributed by atoms with Crippen molar-refractivity contribution in [1.29, 1.82) is 0 Å². The quantitative estimate of drug-likeness (QED) is 0.303. The van der Waals surface area contributed by atoms with Crippen LogP contribution in [0.1, 0.15) is 26.3 Å². The molecule has 1 N–H and O–H groups in total. The molecule has 1 aromatic carbocycles. The van der Waals surface area contributed by atoms with Gasteiger partial charge in [0.05, 0.1) is 19.2 Å². The third-order valence-electron chi connectivity index (χ3n) is 4.51. The number of rotatable bonds is 5. The van der Waals surface area contributed by atoms with Crippen LogP contribution in [0.25, 0.3) is 22.0 Å². The summed E-state index contributed by atoms with van der Waals surface area (Å²) in [5.74, 6) is 1.37. The maximum Gasteiger partial charge on any atom is 0.283 e. The van der Waals surface area contributed by atoms with Crippen molar-refractivity contribution in [3.8, 4) is 0 Å². The van der Waals surface area contributed by atoms with Gasteiger partial charge in [-0.3, -0.25) is 4.79 Å². The molecule has 27 heavy (non-hydrogen) atoms. The SMILES string of the molecule is C/C=C(/CNc1nn2c(=O)c(/C(C)=C/C)c(S)nc2c2ccccc12)OC. The minimum atomic E-state index is -0.243. The summed E-state index contributed by atoms with van der Waals surface area (Å²) in [5.41, 5.74) is 1.51. The molecule has 0 aliphatic rings. The van der Waals surface area contributed by atoms with Gasteiger partial charge < -0.3 is 10.1 Å². The number of hydrogen-bond acceptors (Lipinski definition) is 6. The fourth-order valence-electron chi connectivity index (χ4n) is 2.89. The molecule has 6 nitrogen and oxygen atoms in total. The zero-order valence-corrected chi connectivity index (χ0v) is 16.7. The smallest absolute Gasteiger partial charge is 0.283 e. The highest BCUT2D eigenvalue weighted by Crippen LogP contribution is 2.26. The van der Waals surface area contributed by atoms with Crippen LogP contribution in [-0.4, -0.2) is 28.3 Å². The first-order chi connectivity index (χ1) is 13.0. The van der Waals surface area contributed by atoms with Crippen molar-refractivity contribution < 1.29 is 4.74 Å². The van der Waals surface area contributed by atoms with E-state index >= 15 is 0 Å². The number of methoxy groups -OCH3 is 1. The predicted octanol–water partition coefficient (Wildman–Crippen LogP) is 3.92. The molecule has 0 amide bonds. The first-order valence-electron chi connectivity index (χ1n) is 8.62. The van der Waals surface area contributed by atoms with Crippen LogP contribution in [0.15, 0.2) is 52.0 Å². The molecule has 0 saturated heterocycles. The highest BCUT2D eigenvalue weighted by atomic mass is 32.1. The average Bonchev–Trinajstić information content (AvgIpc) is 2.69. The molecule has 0 unspecified atom stereocenters. The molecule has 3 rings (SSSR count). The maximum atomic E-state index is 13.1. The molecule has 0 radical (unpaired) electrons. The standard InChI is InChI=1S/C20H22N4O2S/c1-5-12(3)16-19(27)22-18-15-10-8-7-9-14(15)17(23-24(18)20(16)25)21-11-13(6-2)26-4/h5-10,27H,11H2,1-4H3,(H,21,23)/b12-5+,13-6-. The Kier molecular flexibility index (Phi) is 5.51. The summed E-state index contributed by atoms with van der Waals surface area (Å²) >= 11 is 4.45. The Balaban J connectivity index is 2.31. The third kappa shape index (κ3) is 3.42. The number of nitrogens with zero attached hydrogens (tertiary/aromatic N) is 3. The van der Waals surface area contributed by atoms with E-state index in [1.807, 2.05) is 57.2 Å². The van der Waals surface area contributed by atoms with E-state index in [-0.39, 0.29) is 5.56 Å². The minimum absolute atomic E-state index is 0.243. The van der Waals surface area contributed by atoms with Gasteiger partial charge in [0.2, 0.25) is 0 Å². The molecule has 2 aromatic heterocycles. The lowest BCUT2D eigenvalue weighted by atomic mass is 10.1. The largest absolute Gasteiger partial charge is 0.500 e. The van der Waals surface area contributed by atoms with Gasteiger partial charge in [0.1, 0.15) is 10.8 Å². The van der Waals surface area contributed by atoms with Gasteiger partial charge in [-0.1, -0.05) is 30.3 Å². The summed E-state index contributed by atoms with van der Waals surface area (Å²) in [7, 11) is 1.62. The van der Waals surface area contributed by atoms with Gasteiger partial charge in [-0.2, -0.15) is 4.52 Å². The molecule has 2 heterocycles. The van der Waals surface area contributed by atoms with Gasteiger partial charge >= 0.3 is 0 Å². The predicted molar refractivity (Wildman–Crippen MR) is 113 cm³/mol. The summed E-state index contributed by atoms with van der Waals surface area (Å²) in [6, 6.07) is 7.71. The lowest BCUT2D eigenvalue weighted by Gasteiger charge is -2.14. The summed E-state index contributed by atoms with van der Waals surface area (Å²) in [5, 5.41) is 9.91. The second-order valence-corrected chi connectivity index (χ2v) is 6.45. The van der Waals surface area contributed by atoms with Crippen LogP contribution >= 0.6 is 12.6 Å². The van der Waals surface area contributed by atoms with E-state index in [9.17, 15) is 4.79 Å². The lowest BCUT2D eigenvalue weighted by molar-refractivity contribution is 0.289. The van der Waals surface area contributed by atoms with E-state index in [1.165, 1.54) is 4.52 Å². The molecule has 0 aliphatic heterocycles. The van der Waals surface area contributed by atoms with Crippen molar-refractivity contribution in [2.45, 2.75) is 25.8 Å². The summed E-state index contributed by atoms with van der Waals surface area (Å²) in [6.07, 6.45) is 3.74. The molecule has 0 bridgehead atoms. The Bertz CT molecular complexity index is 1130. The molecule has 0 aliphatic carbocycles. The van der Waals surface area contributed by atoms with Crippen LogP contribution in [0.3, 0.4) is 0 Å². The summed E-state index contributed by atoms with van der Waals surface area (Å²) in [4.78, 5) is 17.7. The third-order valence-corrected chi connectivity index (χ3v) is 4.83. The number of hydrogen-bond donors (Lipinski definition) is 2. The van der Waals surface area contributed by atoms with Gasteiger partial charge in [-0.15, -0.1) is 17.7 Å². The number of nitrogens with one attached hydrogen (secondary N) is 1. The molecule has 0 spiro atoms. The summed E-state index contributed by atoms with van der Waals surface area (Å²) < 4.78 is 6.64. The van der Waals surface area contributed by atoms with Crippen LogP contribution in [0.2, 0.25) is 0 Å². The summed E-state index contributed by atoms with van der Waals surface area (Å²) in [6.45, 7) is 6.10. The first-order valence-corrected chi connectivity index (χ1v) is 9.07. The Morgan fingerprint density at radius 3 is 2.59 bits per heavy atom. The van der Waals surface area contributed by atoms with Gasteiger partial charge in [0, 0.05) is 10.8 Å². The number of aromatic nitrogens is 3. The minimum Gasteiger partial charge on any atom is -0.500 e. The maximum absolute atomic E-state index is 13.1. The Labute approximate surface area is 163 Å². The van der Waals surface area contributed by atoms with Gasteiger partial charge in [-0.25, -0.2) is 4.98 Å². The lowest BCUT2D eigenvalue weighted by Crippen LogP contribution is -2.23. The van der Waals surface area contributed by atoms with Crippen LogP contribution in [-0.2, 0) is 4.74 Å². The van der Waals surface area contributed by atoms with Gasteiger partial charge in [0.25, 0.3) is 5.56 Å². The number of benzene rings is 1. The van der Waals surface area contributed by atoms with E-state index in [1.54, 1.807) is 7.11 Å². The van der Waals surface area contributed by atoms with E-state index < -0.39 is 0 Å². The number of thiol groups is 1. The van der Waals surface area contributed by atoms with Crippen molar-refractivity contribution in [3.05, 3.63) is 58.1 Å². The highest BCUT2D eigenvalue weighted by Gasteiger charge is 2.16. The molecule has 7 heteroatoms. The monoisotopic (exact) mass is 382 g/mol. The Hall–Kier alpha value is -2.80. The van der Waals surface area contributed by atoms with Crippen molar-refractivity contribution in [2.75, 3.05) is 19.0 Å². The molecule has 0 atom stereocenters. The Morgan fingerprint density at radius 1 is 1.26 bits per heavy atom. The van der Waals surface area contributed by atoms with Crippen LogP contribution < -0.4 is 10.9 Å². The topological polar surface area (TPSA) is 68.5 Å². The fraction of sp³-hybridized carbons (Fsp3) is 0.250. The number of fused-ring (bicyclic) bond motifs is 3. The van der Waals surface area contributed by atoms with Crippen LogP contribution in [0.5, 0.6) is 0 Å².